The molecule has 1 aromatic carbocycles. The average Bonchev–Trinajstić information content (AvgIpc) is 2.86. The van der Waals surface area contributed by atoms with Gasteiger partial charge in [0, 0.05) is 23.0 Å². The summed E-state index contributed by atoms with van der Waals surface area (Å²) in [6.07, 6.45) is 1.78. The number of aryl methyl sites for hydroxylation is 1. The molecule has 0 aliphatic heterocycles. The standard InChI is InChI=1S/C13H14N4OS2/c1-3-8-19-13-16-12(20-17-13)15-11(18)14-10-7-5-4-6-9(10)2/h3-7H,1,8H2,2H3,(H2,14,15,16,17,18). The quantitative estimate of drug-likeness (QED) is 0.652. The number of para-hydroxylation sites is 1. The molecular weight excluding hydrogens is 292 g/mol. The Morgan fingerprint density at radius 3 is 3.00 bits per heavy atom. The molecule has 0 unspecified atom stereocenters. The van der Waals surface area contributed by atoms with Gasteiger partial charge in [-0.15, -0.1) is 6.58 Å². The molecule has 7 heteroatoms. The number of urea groups is 1. The maximum atomic E-state index is 11.9. The summed E-state index contributed by atoms with van der Waals surface area (Å²) < 4.78 is 4.13. The predicted molar refractivity (Wildman–Crippen MR) is 84.7 cm³/mol. The van der Waals surface area contributed by atoms with Gasteiger partial charge in [0.15, 0.2) is 0 Å². The normalized spacial score (nSPS) is 10.1. The smallest absolute Gasteiger partial charge is 0.307 e. The molecule has 0 saturated carbocycles. The molecule has 0 saturated heterocycles. The van der Waals surface area contributed by atoms with Gasteiger partial charge in [-0.25, -0.2) is 4.79 Å². The number of thioether (sulfide) groups is 1. The van der Waals surface area contributed by atoms with Crippen LogP contribution in [-0.4, -0.2) is 21.1 Å². The molecular formula is C13H14N4OS2. The van der Waals surface area contributed by atoms with E-state index in [4.69, 9.17) is 0 Å². The molecule has 1 heterocycles. The summed E-state index contributed by atoms with van der Waals surface area (Å²) in [5.74, 6) is 0.742. The molecule has 0 aliphatic rings. The second-order valence-electron chi connectivity index (χ2n) is 3.88. The minimum absolute atomic E-state index is 0.323. The monoisotopic (exact) mass is 306 g/mol. The van der Waals surface area contributed by atoms with Crippen molar-refractivity contribution in [3.8, 4) is 0 Å². The van der Waals surface area contributed by atoms with E-state index < -0.39 is 0 Å². The lowest BCUT2D eigenvalue weighted by atomic mass is 10.2. The Labute approximate surface area is 125 Å². The molecule has 1 aromatic heterocycles. The minimum Gasteiger partial charge on any atom is -0.307 e. The van der Waals surface area contributed by atoms with E-state index >= 15 is 0 Å². The first-order valence-corrected chi connectivity index (χ1v) is 7.66. The van der Waals surface area contributed by atoms with Gasteiger partial charge >= 0.3 is 6.03 Å². The molecule has 0 radical (unpaired) electrons. The Hall–Kier alpha value is -1.86. The molecule has 104 valence electrons. The number of carbonyl (C=O) groups excluding carboxylic acids is 1. The van der Waals surface area contributed by atoms with Crippen molar-refractivity contribution in [1.82, 2.24) is 9.36 Å². The van der Waals surface area contributed by atoms with E-state index in [-0.39, 0.29) is 6.03 Å². The lowest BCUT2D eigenvalue weighted by molar-refractivity contribution is 0.262. The fourth-order valence-electron chi connectivity index (χ4n) is 1.42. The first kappa shape index (κ1) is 14.5. The molecule has 0 spiro atoms. The predicted octanol–water partition coefficient (Wildman–Crippen LogP) is 3.77. The number of aromatic nitrogens is 2. The van der Waals surface area contributed by atoms with Gasteiger partial charge < -0.3 is 5.32 Å². The molecule has 2 rings (SSSR count). The summed E-state index contributed by atoms with van der Waals surface area (Å²) in [6.45, 7) is 5.57. The van der Waals surface area contributed by atoms with Gasteiger partial charge in [-0.2, -0.15) is 9.36 Å². The molecule has 0 atom stereocenters. The zero-order chi connectivity index (χ0) is 14.4. The van der Waals surface area contributed by atoms with Gasteiger partial charge in [0.05, 0.1) is 0 Å². The number of nitrogens with zero attached hydrogens (tertiary/aromatic N) is 2. The fraction of sp³-hybridized carbons (Fsp3) is 0.154. The highest BCUT2D eigenvalue weighted by atomic mass is 32.2. The first-order valence-electron chi connectivity index (χ1n) is 5.90. The van der Waals surface area contributed by atoms with Crippen molar-refractivity contribution in [2.24, 2.45) is 0 Å². The molecule has 0 bridgehead atoms. The zero-order valence-corrected chi connectivity index (χ0v) is 12.6. The van der Waals surface area contributed by atoms with Crippen LogP contribution >= 0.6 is 23.3 Å². The van der Waals surface area contributed by atoms with E-state index in [9.17, 15) is 4.79 Å². The number of benzene rings is 1. The molecule has 0 aliphatic carbocycles. The van der Waals surface area contributed by atoms with E-state index in [0.717, 1.165) is 28.5 Å². The molecule has 2 aromatic rings. The second kappa shape index (κ2) is 7.06. The third-order valence-electron chi connectivity index (χ3n) is 2.35. The third kappa shape index (κ3) is 4.07. The highest BCUT2D eigenvalue weighted by Crippen LogP contribution is 2.20. The van der Waals surface area contributed by atoms with E-state index in [1.807, 2.05) is 31.2 Å². The third-order valence-corrected chi connectivity index (χ3v) is 3.94. The molecule has 5 nitrogen and oxygen atoms in total. The molecule has 20 heavy (non-hydrogen) atoms. The number of amides is 2. The summed E-state index contributed by atoms with van der Waals surface area (Å²) in [4.78, 5) is 16.1. The number of hydrogen-bond donors (Lipinski definition) is 2. The highest BCUT2D eigenvalue weighted by Gasteiger charge is 2.08. The van der Waals surface area contributed by atoms with Crippen LogP contribution in [0.5, 0.6) is 0 Å². The van der Waals surface area contributed by atoms with Gasteiger partial charge in [-0.1, -0.05) is 36.0 Å². The Kier molecular flexibility index (Phi) is 5.14. The van der Waals surface area contributed by atoms with E-state index in [1.165, 1.54) is 11.8 Å². The van der Waals surface area contributed by atoms with Crippen LogP contribution in [0.4, 0.5) is 15.6 Å². The Balaban J connectivity index is 1.93. The highest BCUT2D eigenvalue weighted by molar-refractivity contribution is 7.99. The lowest BCUT2D eigenvalue weighted by Gasteiger charge is -2.07. The van der Waals surface area contributed by atoms with Crippen molar-refractivity contribution in [3.63, 3.8) is 0 Å². The van der Waals surface area contributed by atoms with Crippen LogP contribution in [0.15, 0.2) is 42.1 Å². The summed E-state index contributed by atoms with van der Waals surface area (Å²) in [5.41, 5.74) is 1.78. The Morgan fingerprint density at radius 2 is 2.25 bits per heavy atom. The number of carbonyl (C=O) groups is 1. The van der Waals surface area contributed by atoms with Crippen molar-refractivity contribution in [3.05, 3.63) is 42.5 Å². The molecule has 2 amide bonds. The van der Waals surface area contributed by atoms with Crippen LogP contribution in [0.3, 0.4) is 0 Å². The van der Waals surface area contributed by atoms with Gasteiger partial charge in [-0.05, 0) is 18.6 Å². The largest absolute Gasteiger partial charge is 0.325 e. The van der Waals surface area contributed by atoms with E-state index in [1.54, 1.807) is 6.08 Å². The minimum atomic E-state index is -0.323. The van der Waals surface area contributed by atoms with Crippen LogP contribution in [-0.2, 0) is 0 Å². The lowest BCUT2D eigenvalue weighted by Crippen LogP contribution is -2.19. The number of rotatable bonds is 5. The number of hydrogen-bond acceptors (Lipinski definition) is 5. The summed E-state index contributed by atoms with van der Waals surface area (Å²) in [7, 11) is 0. The van der Waals surface area contributed by atoms with Crippen molar-refractivity contribution in [1.29, 1.82) is 0 Å². The van der Waals surface area contributed by atoms with Gasteiger partial charge in [0.1, 0.15) is 0 Å². The maximum absolute atomic E-state index is 11.9. The van der Waals surface area contributed by atoms with Crippen molar-refractivity contribution in [2.45, 2.75) is 12.1 Å². The molecule has 0 fully saturated rings. The van der Waals surface area contributed by atoms with Crippen molar-refractivity contribution < 1.29 is 4.79 Å². The number of anilines is 2. The van der Waals surface area contributed by atoms with Crippen LogP contribution < -0.4 is 10.6 Å². The van der Waals surface area contributed by atoms with Crippen molar-refractivity contribution in [2.75, 3.05) is 16.4 Å². The molecule has 2 N–H and O–H groups in total. The average molecular weight is 306 g/mol. The van der Waals surface area contributed by atoms with Gasteiger partial charge in [-0.3, -0.25) is 5.32 Å². The summed E-state index contributed by atoms with van der Waals surface area (Å²) >= 11 is 2.63. The van der Waals surface area contributed by atoms with Gasteiger partial charge in [0.2, 0.25) is 10.3 Å². The first-order chi connectivity index (χ1) is 9.69. The fourth-order valence-corrected chi connectivity index (χ4v) is 2.69. The van der Waals surface area contributed by atoms with E-state index in [0.29, 0.717) is 10.3 Å². The zero-order valence-electron chi connectivity index (χ0n) is 10.9. The van der Waals surface area contributed by atoms with Crippen LogP contribution in [0.2, 0.25) is 0 Å². The van der Waals surface area contributed by atoms with Crippen LogP contribution in [0.25, 0.3) is 0 Å². The topological polar surface area (TPSA) is 66.9 Å². The van der Waals surface area contributed by atoms with Crippen molar-refractivity contribution >= 4 is 40.1 Å². The Morgan fingerprint density at radius 1 is 1.45 bits per heavy atom. The second-order valence-corrected chi connectivity index (χ2v) is 5.61. The SMILES string of the molecule is C=CCSc1nsc(NC(=O)Nc2ccccc2C)n1. The summed E-state index contributed by atoms with van der Waals surface area (Å²) in [6, 6.07) is 7.25. The van der Waals surface area contributed by atoms with Crippen LogP contribution in [0.1, 0.15) is 5.56 Å². The Bertz CT molecular complexity index is 612. The van der Waals surface area contributed by atoms with Crippen LogP contribution in [0, 0.1) is 6.92 Å². The van der Waals surface area contributed by atoms with E-state index in [2.05, 4.69) is 26.6 Å². The van der Waals surface area contributed by atoms with Gasteiger partial charge in [0.25, 0.3) is 0 Å². The summed E-state index contributed by atoms with van der Waals surface area (Å²) in [5, 5.41) is 6.56. The number of nitrogens with one attached hydrogen (secondary N) is 2. The maximum Gasteiger partial charge on any atom is 0.325 e.